The molecule has 0 fully saturated rings. The smallest absolute Gasteiger partial charge is 0.416 e. The van der Waals surface area contributed by atoms with E-state index < -0.39 is 38.1 Å². The Balaban J connectivity index is 2.53. The average Bonchev–Trinajstić information content (AvgIpc) is 2.55. The van der Waals surface area contributed by atoms with Gasteiger partial charge in [-0.3, -0.25) is 14.8 Å². The maximum absolute atomic E-state index is 12.8. The molecule has 0 unspecified atom stereocenters. The zero-order valence-corrected chi connectivity index (χ0v) is 16.0. The van der Waals surface area contributed by atoms with E-state index in [-0.39, 0.29) is 23.3 Å². The van der Waals surface area contributed by atoms with Gasteiger partial charge in [0.2, 0.25) is 0 Å². The number of ether oxygens (including phenoxy) is 1. The van der Waals surface area contributed by atoms with Crippen LogP contribution in [0.5, 0.6) is 5.75 Å². The highest BCUT2D eigenvalue weighted by Crippen LogP contribution is 2.36. The fraction of sp³-hybridized carbons (Fsp3) is 0.200. The number of hydrogen-bond acceptors (Lipinski definition) is 5. The van der Waals surface area contributed by atoms with Crippen molar-refractivity contribution in [2.45, 2.75) is 18.0 Å². The predicted molar refractivity (Wildman–Crippen MR) is 94.2 cm³/mol. The second kappa shape index (κ2) is 7.72. The van der Waals surface area contributed by atoms with Crippen LogP contribution in [0.2, 0.25) is 0 Å². The number of halogens is 4. The number of rotatable bonds is 6. The summed E-state index contributed by atoms with van der Waals surface area (Å²) in [5.41, 5.74) is -2.90. The molecule has 1 N–H and O–H groups in total. The molecule has 7 nitrogen and oxygen atoms in total. The van der Waals surface area contributed by atoms with Crippen LogP contribution in [-0.2, 0) is 16.2 Å². The largest absolute Gasteiger partial charge is 0.492 e. The van der Waals surface area contributed by atoms with Gasteiger partial charge in [0.15, 0.2) is 0 Å². The van der Waals surface area contributed by atoms with Crippen molar-refractivity contribution in [1.82, 2.24) is 0 Å². The Morgan fingerprint density at radius 3 is 2.44 bits per heavy atom. The minimum Gasteiger partial charge on any atom is -0.492 e. The summed E-state index contributed by atoms with van der Waals surface area (Å²) in [5, 5.41) is 11.1. The Morgan fingerprint density at radius 1 is 1.22 bits per heavy atom. The maximum atomic E-state index is 12.8. The number of nitro benzene ring substituents is 1. The van der Waals surface area contributed by atoms with Crippen molar-refractivity contribution in [1.29, 1.82) is 0 Å². The number of nitrogens with one attached hydrogen (secondary N) is 1. The molecule has 2 aromatic carbocycles. The highest BCUT2D eigenvalue weighted by atomic mass is 79.9. The van der Waals surface area contributed by atoms with Gasteiger partial charge in [0.25, 0.3) is 15.7 Å². The van der Waals surface area contributed by atoms with Crippen molar-refractivity contribution in [3.63, 3.8) is 0 Å². The van der Waals surface area contributed by atoms with E-state index in [0.717, 1.165) is 0 Å². The molecular weight excluding hydrogens is 457 g/mol. The molecule has 0 saturated carbocycles. The molecule has 0 amide bonds. The zero-order chi connectivity index (χ0) is 20.4. The first-order chi connectivity index (χ1) is 12.5. The lowest BCUT2D eigenvalue weighted by Gasteiger charge is -2.14. The molecule has 146 valence electrons. The van der Waals surface area contributed by atoms with Crippen LogP contribution in [0.3, 0.4) is 0 Å². The first kappa shape index (κ1) is 21.0. The van der Waals surface area contributed by atoms with E-state index >= 15 is 0 Å². The van der Waals surface area contributed by atoms with Crippen molar-refractivity contribution in [2.75, 3.05) is 11.3 Å². The summed E-state index contributed by atoms with van der Waals surface area (Å²) in [5.74, 6) is -0.0113. The van der Waals surface area contributed by atoms with Gasteiger partial charge in [0.1, 0.15) is 16.3 Å². The second-order valence-electron chi connectivity index (χ2n) is 5.12. The van der Waals surface area contributed by atoms with Crippen LogP contribution in [0.15, 0.2) is 45.8 Å². The maximum Gasteiger partial charge on any atom is 0.416 e. The number of nitrogens with zero attached hydrogens (tertiary/aromatic N) is 1. The molecular formula is C15H12BrF3N2O5S. The van der Waals surface area contributed by atoms with E-state index in [1.165, 1.54) is 18.2 Å². The minimum atomic E-state index is -4.81. The number of benzene rings is 2. The van der Waals surface area contributed by atoms with Crippen molar-refractivity contribution < 1.29 is 31.2 Å². The average molecular weight is 469 g/mol. The summed E-state index contributed by atoms with van der Waals surface area (Å²) in [4.78, 5) is 9.69. The van der Waals surface area contributed by atoms with Crippen molar-refractivity contribution in [3.8, 4) is 5.75 Å². The molecule has 2 aromatic rings. The van der Waals surface area contributed by atoms with E-state index in [9.17, 15) is 31.7 Å². The SMILES string of the molecule is CCOc1ccc(Br)cc1S(=O)(=O)Nc1ccc(C(F)(F)F)cc1[N+](=O)[O-]. The van der Waals surface area contributed by atoms with Crippen LogP contribution < -0.4 is 9.46 Å². The number of anilines is 1. The highest BCUT2D eigenvalue weighted by Gasteiger charge is 2.34. The topological polar surface area (TPSA) is 98.5 Å². The molecule has 0 aliphatic heterocycles. The van der Waals surface area contributed by atoms with E-state index in [1.54, 1.807) is 6.92 Å². The highest BCUT2D eigenvalue weighted by molar-refractivity contribution is 9.10. The van der Waals surface area contributed by atoms with Gasteiger partial charge in [-0.05, 0) is 37.3 Å². The standard InChI is InChI=1S/C15H12BrF3N2O5S/c1-2-26-13-6-4-10(16)8-14(13)27(24,25)20-11-5-3-9(15(17,18)19)7-12(11)21(22)23/h3-8,20H,2H2,1H3. The molecule has 0 atom stereocenters. The third kappa shape index (κ3) is 4.89. The molecule has 0 bridgehead atoms. The Bertz CT molecular complexity index is 980. The van der Waals surface area contributed by atoms with Gasteiger partial charge in [0, 0.05) is 10.5 Å². The van der Waals surface area contributed by atoms with Gasteiger partial charge < -0.3 is 4.74 Å². The minimum absolute atomic E-state index is 0.0113. The predicted octanol–water partition coefficient (Wildman–Crippen LogP) is 4.58. The first-order valence-corrected chi connectivity index (χ1v) is 9.54. The van der Waals surface area contributed by atoms with Gasteiger partial charge in [-0.1, -0.05) is 15.9 Å². The number of alkyl halides is 3. The Hall–Kier alpha value is -2.34. The van der Waals surface area contributed by atoms with Crippen LogP contribution in [0.1, 0.15) is 12.5 Å². The van der Waals surface area contributed by atoms with Crippen LogP contribution in [0.4, 0.5) is 24.5 Å². The van der Waals surface area contributed by atoms with Crippen LogP contribution in [0, 0.1) is 10.1 Å². The molecule has 0 aliphatic rings. The van der Waals surface area contributed by atoms with Crippen molar-refractivity contribution in [3.05, 3.63) is 56.5 Å². The molecule has 12 heteroatoms. The van der Waals surface area contributed by atoms with Crippen LogP contribution >= 0.6 is 15.9 Å². The molecule has 0 heterocycles. The van der Waals surface area contributed by atoms with Gasteiger partial charge >= 0.3 is 6.18 Å². The fourth-order valence-electron chi connectivity index (χ4n) is 2.11. The zero-order valence-electron chi connectivity index (χ0n) is 13.6. The number of nitro groups is 1. The normalized spacial score (nSPS) is 11.9. The first-order valence-electron chi connectivity index (χ1n) is 7.26. The van der Waals surface area contributed by atoms with E-state index in [1.807, 2.05) is 4.72 Å². The van der Waals surface area contributed by atoms with Crippen molar-refractivity contribution >= 4 is 37.3 Å². The molecule has 0 aromatic heterocycles. The molecule has 0 aliphatic carbocycles. The third-order valence-corrected chi connectivity index (χ3v) is 5.14. The van der Waals surface area contributed by atoms with Crippen LogP contribution in [-0.4, -0.2) is 19.9 Å². The number of hydrogen-bond donors (Lipinski definition) is 1. The quantitative estimate of drug-likeness (QED) is 0.494. The van der Waals surface area contributed by atoms with Gasteiger partial charge in [0.05, 0.1) is 17.1 Å². The monoisotopic (exact) mass is 468 g/mol. The Kier molecular flexibility index (Phi) is 6.00. The molecule has 0 radical (unpaired) electrons. The Labute approximate surface area is 160 Å². The van der Waals surface area contributed by atoms with E-state index in [2.05, 4.69) is 15.9 Å². The summed E-state index contributed by atoms with van der Waals surface area (Å²) < 4.78 is 71.2. The fourth-order valence-corrected chi connectivity index (χ4v) is 3.87. The lowest BCUT2D eigenvalue weighted by atomic mass is 10.1. The second-order valence-corrected chi connectivity index (χ2v) is 7.68. The van der Waals surface area contributed by atoms with Gasteiger partial charge in [-0.15, -0.1) is 0 Å². The summed E-state index contributed by atoms with van der Waals surface area (Å²) in [6.45, 7) is 1.79. The lowest BCUT2D eigenvalue weighted by molar-refractivity contribution is -0.384. The van der Waals surface area contributed by atoms with Gasteiger partial charge in [-0.2, -0.15) is 13.2 Å². The molecule has 2 rings (SSSR count). The lowest BCUT2D eigenvalue weighted by Crippen LogP contribution is -2.16. The summed E-state index contributed by atoms with van der Waals surface area (Å²) >= 11 is 3.11. The molecule has 0 spiro atoms. The van der Waals surface area contributed by atoms with Crippen molar-refractivity contribution in [2.24, 2.45) is 0 Å². The summed E-state index contributed by atoms with van der Waals surface area (Å²) in [6, 6.07) is 5.63. The summed E-state index contributed by atoms with van der Waals surface area (Å²) in [6.07, 6.45) is -4.81. The van der Waals surface area contributed by atoms with E-state index in [4.69, 9.17) is 4.74 Å². The van der Waals surface area contributed by atoms with Gasteiger partial charge in [-0.25, -0.2) is 8.42 Å². The molecule has 0 saturated heterocycles. The molecule has 27 heavy (non-hydrogen) atoms. The number of sulfonamides is 1. The van der Waals surface area contributed by atoms with E-state index in [0.29, 0.717) is 16.6 Å². The van der Waals surface area contributed by atoms with Crippen LogP contribution in [0.25, 0.3) is 0 Å². The third-order valence-electron chi connectivity index (χ3n) is 3.26. The Morgan fingerprint density at radius 2 is 1.89 bits per heavy atom. The summed E-state index contributed by atoms with van der Waals surface area (Å²) in [7, 11) is -4.38.